The Hall–Kier alpha value is -1.33. The van der Waals surface area contributed by atoms with E-state index in [9.17, 15) is 0 Å². The number of hydrogen-bond donors (Lipinski definition) is 1. The molecule has 0 bridgehead atoms. The standard InChI is InChI=1S/C9H9NO/c1-7-3-2-4-8(5-10)9(7)6-11/h2-4,11H,6H2,1H3. The number of nitriles is 1. The van der Waals surface area contributed by atoms with Crippen LogP contribution >= 0.6 is 0 Å². The fourth-order valence-electron chi connectivity index (χ4n) is 1.02. The zero-order valence-electron chi connectivity index (χ0n) is 6.33. The van der Waals surface area contributed by atoms with Gasteiger partial charge in [-0.15, -0.1) is 0 Å². The number of nitrogens with zero attached hydrogens (tertiary/aromatic N) is 1. The van der Waals surface area contributed by atoms with Gasteiger partial charge in [0.05, 0.1) is 18.2 Å². The molecule has 0 aliphatic heterocycles. The van der Waals surface area contributed by atoms with Crippen LogP contribution in [0.3, 0.4) is 0 Å². The van der Waals surface area contributed by atoms with Gasteiger partial charge in [-0.1, -0.05) is 12.1 Å². The van der Waals surface area contributed by atoms with Crippen molar-refractivity contribution in [2.75, 3.05) is 0 Å². The minimum atomic E-state index is -0.0600. The maximum Gasteiger partial charge on any atom is 0.0995 e. The van der Waals surface area contributed by atoms with Gasteiger partial charge in [0.1, 0.15) is 0 Å². The normalized spacial score (nSPS) is 9.18. The van der Waals surface area contributed by atoms with Crippen LogP contribution in [0.2, 0.25) is 0 Å². The molecule has 0 aliphatic rings. The van der Waals surface area contributed by atoms with Crippen molar-refractivity contribution in [1.82, 2.24) is 0 Å². The Bertz CT molecular complexity index is 299. The summed E-state index contributed by atoms with van der Waals surface area (Å²) in [5, 5.41) is 17.5. The lowest BCUT2D eigenvalue weighted by molar-refractivity contribution is 0.280. The minimum Gasteiger partial charge on any atom is -0.392 e. The SMILES string of the molecule is Cc1cccc(C#N)c1CO. The Morgan fingerprint density at radius 2 is 2.27 bits per heavy atom. The summed E-state index contributed by atoms with van der Waals surface area (Å²) in [4.78, 5) is 0. The van der Waals surface area contributed by atoms with Crippen molar-refractivity contribution in [3.63, 3.8) is 0 Å². The van der Waals surface area contributed by atoms with Gasteiger partial charge < -0.3 is 5.11 Å². The van der Waals surface area contributed by atoms with Crippen LogP contribution in [0.1, 0.15) is 16.7 Å². The predicted octanol–water partition coefficient (Wildman–Crippen LogP) is 1.36. The van der Waals surface area contributed by atoms with E-state index in [1.807, 2.05) is 25.1 Å². The summed E-state index contributed by atoms with van der Waals surface area (Å²) in [6.07, 6.45) is 0. The first-order valence-corrected chi connectivity index (χ1v) is 3.39. The van der Waals surface area contributed by atoms with E-state index in [0.717, 1.165) is 11.1 Å². The first-order chi connectivity index (χ1) is 5.29. The van der Waals surface area contributed by atoms with Crippen molar-refractivity contribution in [1.29, 1.82) is 5.26 Å². The van der Waals surface area contributed by atoms with Gasteiger partial charge in [-0.05, 0) is 24.1 Å². The zero-order chi connectivity index (χ0) is 8.27. The van der Waals surface area contributed by atoms with Gasteiger partial charge in [0.15, 0.2) is 0 Å². The summed E-state index contributed by atoms with van der Waals surface area (Å²) in [6, 6.07) is 7.43. The highest BCUT2D eigenvalue weighted by atomic mass is 16.3. The molecule has 11 heavy (non-hydrogen) atoms. The largest absolute Gasteiger partial charge is 0.392 e. The van der Waals surface area contributed by atoms with Gasteiger partial charge in [0.2, 0.25) is 0 Å². The number of aliphatic hydroxyl groups is 1. The van der Waals surface area contributed by atoms with Crippen molar-refractivity contribution in [2.45, 2.75) is 13.5 Å². The number of rotatable bonds is 1. The van der Waals surface area contributed by atoms with E-state index in [0.29, 0.717) is 5.56 Å². The molecule has 56 valence electrons. The third kappa shape index (κ3) is 1.39. The van der Waals surface area contributed by atoms with E-state index in [-0.39, 0.29) is 6.61 Å². The first-order valence-electron chi connectivity index (χ1n) is 3.39. The third-order valence-electron chi connectivity index (χ3n) is 1.69. The third-order valence-corrected chi connectivity index (χ3v) is 1.69. The molecule has 0 heterocycles. The van der Waals surface area contributed by atoms with Gasteiger partial charge in [-0.3, -0.25) is 0 Å². The Kier molecular flexibility index (Phi) is 2.25. The van der Waals surface area contributed by atoms with Crippen molar-refractivity contribution in [2.24, 2.45) is 0 Å². The maximum atomic E-state index is 8.88. The summed E-state index contributed by atoms with van der Waals surface area (Å²) in [5.41, 5.74) is 2.26. The molecule has 0 amide bonds. The molecule has 0 unspecified atom stereocenters. The molecule has 1 N–H and O–H groups in total. The summed E-state index contributed by atoms with van der Waals surface area (Å²) < 4.78 is 0. The highest BCUT2D eigenvalue weighted by Crippen LogP contribution is 2.12. The zero-order valence-corrected chi connectivity index (χ0v) is 6.33. The summed E-state index contributed by atoms with van der Waals surface area (Å²) in [7, 11) is 0. The number of benzene rings is 1. The van der Waals surface area contributed by atoms with Gasteiger partial charge >= 0.3 is 0 Å². The lowest BCUT2D eigenvalue weighted by Gasteiger charge is -2.02. The van der Waals surface area contributed by atoms with E-state index < -0.39 is 0 Å². The molecule has 0 radical (unpaired) electrons. The number of aliphatic hydroxyl groups excluding tert-OH is 1. The van der Waals surface area contributed by atoms with Crippen molar-refractivity contribution >= 4 is 0 Å². The molecule has 0 aliphatic carbocycles. The predicted molar refractivity (Wildman–Crippen MR) is 41.8 cm³/mol. The van der Waals surface area contributed by atoms with Crippen LogP contribution in [0.15, 0.2) is 18.2 Å². The average Bonchev–Trinajstić information content (AvgIpc) is 2.04. The molecule has 0 saturated heterocycles. The van der Waals surface area contributed by atoms with Crippen LogP contribution in [0, 0.1) is 18.3 Å². The number of aryl methyl sites for hydroxylation is 1. The second-order valence-electron chi connectivity index (χ2n) is 2.37. The molecule has 1 aromatic rings. The van der Waals surface area contributed by atoms with Gasteiger partial charge in [-0.25, -0.2) is 0 Å². The topological polar surface area (TPSA) is 44.0 Å². The molecule has 1 rings (SSSR count). The summed E-state index contributed by atoms with van der Waals surface area (Å²) >= 11 is 0. The summed E-state index contributed by atoms with van der Waals surface area (Å²) in [5.74, 6) is 0. The first kappa shape index (κ1) is 7.77. The Morgan fingerprint density at radius 3 is 2.73 bits per heavy atom. The Labute approximate surface area is 65.7 Å². The Morgan fingerprint density at radius 1 is 1.55 bits per heavy atom. The van der Waals surface area contributed by atoms with Gasteiger partial charge in [-0.2, -0.15) is 5.26 Å². The highest BCUT2D eigenvalue weighted by molar-refractivity contribution is 5.41. The van der Waals surface area contributed by atoms with E-state index in [1.165, 1.54) is 0 Å². The van der Waals surface area contributed by atoms with Crippen molar-refractivity contribution < 1.29 is 5.11 Å². The van der Waals surface area contributed by atoms with Crippen LogP contribution in [0.5, 0.6) is 0 Å². The second kappa shape index (κ2) is 3.18. The molecular formula is C9H9NO. The van der Waals surface area contributed by atoms with Crippen LogP contribution in [0.25, 0.3) is 0 Å². The van der Waals surface area contributed by atoms with Crippen molar-refractivity contribution in [3.05, 3.63) is 34.9 Å². The smallest absolute Gasteiger partial charge is 0.0995 e. The maximum absolute atomic E-state index is 8.88. The van der Waals surface area contributed by atoms with E-state index >= 15 is 0 Å². The lowest BCUT2D eigenvalue weighted by Crippen LogP contribution is -1.92. The molecule has 0 aromatic heterocycles. The van der Waals surface area contributed by atoms with Crippen LogP contribution < -0.4 is 0 Å². The highest BCUT2D eigenvalue weighted by Gasteiger charge is 2.01. The molecule has 0 saturated carbocycles. The minimum absolute atomic E-state index is 0.0600. The lowest BCUT2D eigenvalue weighted by atomic mass is 10.0. The van der Waals surface area contributed by atoms with Crippen LogP contribution in [0.4, 0.5) is 0 Å². The molecular weight excluding hydrogens is 138 g/mol. The van der Waals surface area contributed by atoms with E-state index in [1.54, 1.807) is 6.07 Å². The molecule has 2 heteroatoms. The van der Waals surface area contributed by atoms with Crippen LogP contribution in [-0.4, -0.2) is 5.11 Å². The monoisotopic (exact) mass is 147 g/mol. The quantitative estimate of drug-likeness (QED) is 0.651. The van der Waals surface area contributed by atoms with Gasteiger partial charge in [0.25, 0.3) is 0 Å². The fourth-order valence-corrected chi connectivity index (χ4v) is 1.02. The molecule has 0 spiro atoms. The molecule has 2 nitrogen and oxygen atoms in total. The van der Waals surface area contributed by atoms with Crippen molar-refractivity contribution in [3.8, 4) is 6.07 Å². The second-order valence-corrected chi connectivity index (χ2v) is 2.37. The van der Waals surface area contributed by atoms with Crippen LogP contribution in [-0.2, 0) is 6.61 Å². The average molecular weight is 147 g/mol. The molecule has 0 atom stereocenters. The summed E-state index contributed by atoms with van der Waals surface area (Å²) in [6.45, 7) is 1.82. The van der Waals surface area contributed by atoms with Gasteiger partial charge in [0, 0.05) is 0 Å². The fraction of sp³-hybridized carbons (Fsp3) is 0.222. The number of hydrogen-bond acceptors (Lipinski definition) is 2. The molecule has 0 fully saturated rings. The molecule has 1 aromatic carbocycles. The van der Waals surface area contributed by atoms with E-state index in [2.05, 4.69) is 0 Å². The van der Waals surface area contributed by atoms with E-state index in [4.69, 9.17) is 10.4 Å². The Balaban J connectivity index is 3.27.